The summed E-state index contributed by atoms with van der Waals surface area (Å²) < 4.78 is 6.20. The van der Waals surface area contributed by atoms with Crippen LogP contribution in [0.4, 0.5) is 0 Å². The molecule has 0 spiro atoms. The number of rotatable bonds is 4. The van der Waals surface area contributed by atoms with E-state index in [-0.39, 0.29) is 17.7 Å². The van der Waals surface area contributed by atoms with E-state index >= 15 is 0 Å². The number of fused-ring (bicyclic) bond motifs is 3. The molecule has 0 bridgehead atoms. The van der Waals surface area contributed by atoms with E-state index in [0.29, 0.717) is 5.56 Å². The van der Waals surface area contributed by atoms with E-state index in [2.05, 4.69) is 0 Å². The predicted molar refractivity (Wildman–Crippen MR) is 115 cm³/mol. The highest BCUT2D eigenvalue weighted by atomic mass is 16.6. The topological polar surface area (TPSA) is 63.7 Å². The molecule has 2 fully saturated rings. The summed E-state index contributed by atoms with van der Waals surface area (Å²) in [6.45, 7) is 2.89. The molecule has 2 aliphatic carbocycles. The first-order valence-electron chi connectivity index (χ1n) is 11.1. The Morgan fingerprint density at radius 1 is 0.903 bits per heavy atom. The molecule has 160 valence electrons. The first-order chi connectivity index (χ1) is 15.0. The van der Waals surface area contributed by atoms with Crippen LogP contribution < -0.4 is 0 Å². The van der Waals surface area contributed by atoms with Crippen molar-refractivity contribution in [2.45, 2.75) is 69.1 Å². The van der Waals surface area contributed by atoms with Gasteiger partial charge in [-0.3, -0.25) is 14.4 Å². The average Bonchev–Trinajstić information content (AvgIpc) is 2.99. The SMILES string of the molecule is CC(=O)OC1(c2ccccc2)c2ccccc2C2(C(C)=O)C(=O)N(C3CCCCC3)C21. The minimum atomic E-state index is -1.31. The van der Waals surface area contributed by atoms with Crippen molar-refractivity contribution in [3.63, 3.8) is 0 Å². The number of Topliss-reactive ketones (excluding diaryl/α,β-unsaturated/α-hetero) is 1. The Balaban J connectivity index is 1.81. The molecule has 31 heavy (non-hydrogen) atoms. The zero-order valence-electron chi connectivity index (χ0n) is 18.0. The molecule has 3 atom stereocenters. The van der Waals surface area contributed by atoms with Crippen LogP contribution in [0.3, 0.4) is 0 Å². The molecule has 2 aromatic rings. The van der Waals surface area contributed by atoms with E-state index < -0.39 is 23.0 Å². The van der Waals surface area contributed by atoms with Crippen LogP contribution in [-0.2, 0) is 30.1 Å². The summed E-state index contributed by atoms with van der Waals surface area (Å²) in [7, 11) is 0. The predicted octanol–water partition coefficient (Wildman–Crippen LogP) is 3.88. The summed E-state index contributed by atoms with van der Waals surface area (Å²) >= 11 is 0. The van der Waals surface area contributed by atoms with Crippen LogP contribution >= 0.6 is 0 Å². The lowest BCUT2D eigenvalue weighted by molar-refractivity contribution is -0.195. The van der Waals surface area contributed by atoms with E-state index in [9.17, 15) is 14.4 Å². The van der Waals surface area contributed by atoms with Gasteiger partial charge >= 0.3 is 5.97 Å². The highest BCUT2D eigenvalue weighted by Gasteiger charge is 2.79. The maximum absolute atomic E-state index is 13.8. The fourth-order valence-electron chi connectivity index (χ4n) is 6.31. The van der Waals surface area contributed by atoms with Gasteiger partial charge in [0, 0.05) is 24.1 Å². The summed E-state index contributed by atoms with van der Waals surface area (Å²) in [4.78, 5) is 41.5. The van der Waals surface area contributed by atoms with E-state index in [4.69, 9.17) is 4.74 Å². The number of ketones is 1. The third kappa shape index (κ3) is 2.46. The molecule has 5 nitrogen and oxygen atoms in total. The van der Waals surface area contributed by atoms with Crippen molar-refractivity contribution in [2.75, 3.05) is 0 Å². The second-order valence-electron chi connectivity index (χ2n) is 9.01. The first kappa shape index (κ1) is 20.0. The third-order valence-corrected chi connectivity index (χ3v) is 7.43. The number of benzene rings is 2. The molecule has 0 N–H and O–H groups in total. The Kier molecular flexibility index (Phi) is 4.54. The Hall–Kier alpha value is -2.95. The summed E-state index contributed by atoms with van der Waals surface area (Å²) in [5.74, 6) is -0.762. The average molecular weight is 418 g/mol. The van der Waals surface area contributed by atoms with Gasteiger partial charge in [0.25, 0.3) is 0 Å². The number of esters is 1. The molecular weight excluding hydrogens is 390 g/mol. The normalized spacial score (nSPS) is 29.7. The molecule has 0 aromatic heterocycles. The summed E-state index contributed by atoms with van der Waals surface area (Å²) in [5.41, 5.74) is -0.308. The zero-order chi connectivity index (χ0) is 21.8. The molecule has 1 heterocycles. The highest BCUT2D eigenvalue weighted by molar-refractivity contribution is 6.18. The van der Waals surface area contributed by atoms with Crippen molar-refractivity contribution in [2.24, 2.45) is 0 Å². The largest absolute Gasteiger partial charge is 0.447 e. The lowest BCUT2D eigenvalue weighted by Crippen LogP contribution is -2.79. The number of hydrogen-bond donors (Lipinski definition) is 0. The second kappa shape index (κ2) is 7.04. The van der Waals surface area contributed by atoms with Crippen LogP contribution in [0.25, 0.3) is 0 Å². The van der Waals surface area contributed by atoms with E-state index in [1.54, 1.807) is 0 Å². The van der Waals surface area contributed by atoms with Crippen LogP contribution in [0.5, 0.6) is 0 Å². The van der Waals surface area contributed by atoms with Gasteiger partial charge in [0.1, 0.15) is 6.04 Å². The fraction of sp³-hybridized carbons (Fsp3) is 0.423. The fourth-order valence-corrected chi connectivity index (χ4v) is 6.31. The second-order valence-corrected chi connectivity index (χ2v) is 9.01. The van der Waals surface area contributed by atoms with Gasteiger partial charge < -0.3 is 9.64 Å². The first-order valence-corrected chi connectivity index (χ1v) is 11.1. The van der Waals surface area contributed by atoms with Crippen LogP contribution in [0.2, 0.25) is 0 Å². The zero-order valence-corrected chi connectivity index (χ0v) is 18.0. The Morgan fingerprint density at radius 2 is 1.52 bits per heavy atom. The smallest absolute Gasteiger partial charge is 0.303 e. The van der Waals surface area contributed by atoms with Gasteiger partial charge in [-0.05, 0) is 25.3 Å². The van der Waals surface area contributed by atoms with Gasteiger partial charge in [-0.15, -0.1) is 0 Å². The van der Waals surface area contributed by atoms with E-state index in [1.807, 2.05) is 59.5 Å². The van der Waals surface area contributed by atoms with Crippen molar-refractivity contribution in [3.8, 4) is 0 Å². The molecule has 1 saturated heterocycles. The minimum absolute atomic E-state index is 0.0617. The third-order valence-electron chi connectivity index (χ3n) is 7.43. The number of amides is 1. The molecule has 1 amide bonds. The van der Waals surface area contributed by atoms with Gasteiger partial charge in [0.2, 0.25) is 5.91 Å². The van der Waals surface area contributed by atoms with E-state index in [1.165, 1.54) is 13.8 Å². The van der Waals surface area contributed by atoms with Crippen LogP contribution in [0.15, 0.2) is 54.6 Å². The minimum Gasteiger partial charge on any atom is -0.447 e. The molecule has 5 heteroatoms. The number of ether oxygens (including phenoxy) is 1. The Morgan fingerprint density at radius 3 is 2.13 bits per heavy atom. The number of β-lactam (4-membered cyclic amide) rings is 1. The molecule has 1 aliphatic heterocycles. The summed E-state index contributed by atoms with van der Waals surface area (Å²) in [5, 5.41) is 0. The number of carbonyl (C=O) groups excluding carboxylic acids is 3. The number of carbonyl (C=O) groups is 3. The molecular formula is C26H27NO4. The Bertz CT molecular complexity index is 1060. The number of nitrogens with zero attached hydrogens (tertiary/aromatic N) is 1. The van der Waals surface area contributed by atoms with Crippen LogP contribution in [0.1, 0.15) is 62.6 Å². The lowest BCUT2D eigenvalue weighted by Gasteiger charge is -2.59. The van der Waals surface area contributed by atoms with Crippen molar-refractivity contribution in [1.29, 1.82) is 0 Å². The summed E-state index contributed by atoms with van der Waals surface area (Å²) in [6, 6.07) is 16.6. The quantitative estimate of drug-likeness (QED) is 0.430. The molecule has 3 aliphatic rings. The lowest BCUT2D eigenvalue weighted by atomic mass is 9.62. The highest BCUT2D eigenvalue weighted by Crippen LogP contribution is 2.63. The Labute approximate surface area is 182 Å². The molecule has 2 aromatic carbocycles. The molecule has 3 unspecified atom stereocenters. The van der Waals surface area contributed by atoms with Gasteiger partial charge in [-0.2, -0.15) is 0 Å². The number of hydrogen-bond acceptors (Lipinski definition) is 4. The number of likely N-dealkylation sites (tertiary alicyclic amines) is 1. The van der Waals surface area contributed by atoms with Gasteiger partial charge in [0.15, 0.2) is 16.8 Å². The molecule has 0 radical (unpaired) electrons. The van der Waals surface area contributed by atoms with Crippen molar-refractivity contribution >= 4 is 17.7 Å². The molecule has 1 saturated carbocycles. The van der Waals surface area contributed by atoms with Crippen molar-refractivity contribution < 1.29 is 19.1 Å². The van der Waals surface area contributed by atoms with Gasteiger partial charge in [0.05, 0.1) is 0 Å². The molecule has 5 rings (SSSR count). The maximum atomic E-state index is 13.8. The van der Waals surface area contributed by atoms with Crippen molar-refractivity contribution in [1.82, 2.24) is 4.90 Å². The van der Waals surface area contributed by atoms with Gasteiger partial charge in [-0.25, -0.2) is 0 Å². The van der Waals surface area contributed by atoms with Crippen LogP contribution in [-0.4, -0.2) is 34.6 Å². The van der Waals surface area contributed by atoms with Gasteiger partial charge in [-0.1, -0.05) is 73.9 Å². The van der Waals surface area contributed by atoms with Crippen LogP contribution in [0, 0.1) is 0 Å². The monoisotopic (exact) mass is 417 g/mol. The standard InChI is InChI=1S/C26H27NO4/c1-17(28)25-21-15-9-10-16-22(21)26(31-18(2)29,19-11-5-3-6-12-19)23(25)27(24(25)30)20-13-7-4-8-14-20/h3,5-6,9-12,15-16,20,23H,4,7-8,13-14H2,1-2H3. The summed E-state index contributed by atoms with van der Waals surface area (Å²) in [6.07, 6.45) is 5.12. The van der Waals surface area contributed by atoms with Crippen molar-refractivity contribution in [3.05, 3.63) is 71.3 Å². The maximum Gasteiger partial charge on any atom is 0.303 e. The van der Waals surface area contributed by atoms with E-state index in [0.717, 1.165) is 43.2 Å².